The van der Waals surface area contributed by atoms with E-state index in [0.29, 0.717) is 27.6 Å². The van der Waals surface area contributed by atoms with Gasteiger partial charge in [0.15, 0.2) is 10.9 Å². The third kappa shape index (κ3) is 3.23. The van der Waals surface area contributed by atoms with Gasteiger partial charge in [-0.05, 0) is 45.4 Å². The molecule has 0 aliphatic rings. The maximum Gasteiger partial charge on any atom is 0.274 e. The molecule has 3 heterocycles. The molecule has 0 atom stereocenters. The number of carbonyl (C=O) groups is 2. The number of nitrogens with zero attached hydrogens (tertiary/aromatic N) is 2. The van der Waals surface area contributed by atoms with E-state index < -0.39 is 0 Å². The SMILES string of the molecule is CC(=O)c1c(C)[nH]c(C(=O)Nc2nc(C)c(-c3ccccn3)s2)c1C. The molecule has 0 fully saturated rings. The van der Waals surface area contributed by atoms with Crippen molar-refractivity contribution in [2.45, 2.75) is 27.7 Å². The van der Waals surface area contributed by atoms with Crippen LogP contribution < -0.4 is 5.32 Å². The number of nitrogens with one attached hydrogen (secondary N) is 2. The van der Waals surface area contributed by atoms with Crippen LogP contribution in [0.3, 0.4) is 0 Å². The first-order chi connectivity index (χ1) is 11.9. The van der Waals surface area contributed by atoms with E-state index in [-0.39, 0.29) is 11.7 Å². The van der Waals surface area contributed by atoms with Gasteiger partial charge in [-0.15, -0.1) is 0 Å². The Hall–Kier alpha value is -2.80. The number of hydrogen-bond donors (Lipinski definition) is 2. The van der Waals surface area contributed by atoms with Gasteiger partial charge in [-0.1, -0.05) is 17.4 Å². The van der Waals surface area contributed by atoms with Crippen molar-refractivity contribution in [3.63, 3.8) is 0 Å². The number of carbonyl (C=O) groups excluding carboxylic acids is 2. The number of ketones is 1. The number of amides is 1. The van der Waals surface area contributed by atoms with Crippen LogP contribution in [0.4, 0.5) is 5.13 Å². The lowest BCUT2D eigenvalue weighted by molar-refractivity contribution is 0.101. The summed E-state index contributed by atoms with van der Waals surface area (Å²) in [6.07, 6.45) is 1.72. The fourth-order valence-electron chi connectivity index (χ4n) is 2.85. The Labute approximate surface area is 149 Å². The molecule has 0 saturated heterocycles. The van der Waals surface area contributed by atoms with Crippen molar-refractivity contribution in [2.24, 2.45) is 0 Å². The van der Waals surface area contributed by atoms with E-state index in [1.165, 1.54) is 18.3 Å². The van der Waals surface area contributed by atoms with E-state index in [2.05, 4.69) is 20.3 Å². The highest BCUT2D eigenvalue weighted by Crippen LogP contribution is 2.31. The Morgan fingerprint density at radius 3 is 2.56 bits per heavy atom. The normalized spacial score (nSPS) is 10.7. The average Bonchev–Trinajstić information content (AvgIpc) is 3.07. The molecule has 0 aliphatic carbocycles. The maximum absolute atomic E-state index is 12.6. The lowest BCUT2D eigenvalue weighted by atomic mass is 10.1. The minimum atomic E-state index is -0.311. The molecule has 25 heavy (non-hydrogen) atoms. The molecule has 128 valence electrons. The zero-order valence-corrected chi connectivity index (χ0v) is 15.2. The highest BCUT2D eigenvalue weighted by molar-refractivity contribution is 7.19. The van der Waals surface area contributed by atoms with E-state index in [9.17, 15) is 9.59 Å². The van der Waals surface area contributed by atoms with Gasteiger partial charge in [-0.2, -0.15) is 0 Å². The van der Waals surface area contributed by atoms with Crippen molar-refractivity contribution >= 4 is 28.2 Å². The Morgan fingerprint density at radius 2 is 1.96 bits per heavy atom. The maximum atomic E-state index is 12.6. The first-order valence-electron chi connectivity index (χ1n) is 7.78. The quantitative estimate of drug-likeness (QED) is 0.695. The molecule has 6 nitrogen and oxygen atoms in total. The molecule has 3 aromatic heterocycles. The smallest absolute Gasteiger partial charge is 0.274 e. The molecule has 0 spiro atoms. The predicted molar refractivity (Wildman–Crippen MR) is 98.3 cm³/mol. The minimum Gasteiger partial charge on any atom is -0.354 e. The van der Waals surface area contributed by atoms with Gasteiger partial charge in [0.1, 0.15) is 5.69 Å². The minimum absolute atomic E-state index is 0.0622. The number of thiazole rings is 1. The van der Waals surface area contributed by atoms with Gasteiger partial charge in [0.25, 0.3) is 5.91 Å². The fraction of sp³-hybridized carbons (Fsp3) is 0.222. The van der Waals surface area contributed by atoms with E-state index in [4.69, 9.17) is 0 Å². The Morgan fingerprint density at radius 1 is 1.20 bits per heavy atom. The van der Waals surface area contributed by atoms with Crippen molar-refractivity contribution in [2.75, 3.05) is 5.32 Å². The summed E-state index contributed by atoms with van der Waals surface area (Å²) >= 11 is 1.37. The summed E-state index contributed by atoms with van der Waals surface area (Å²) in [5, 5.41) is 3.31. The highest BCUT2D eigenvalue weighted by atomic mass is 32.1. The molecule has 0 unspecified atom stereocenters. The van der Waals surface area contributed by atoms with Crippen molar-refractivity contribution in [1.82, 2.24) is 15.0 Å². The molecular formula is C18H18N4O2S. The molecule has 0 bridgehead atoms. The van der Waals surface area contributed by atoms with Crippen LogP contribution in [0.25, 0.3) is 10.6 Å². The molecular weight excluding hydrogens is 336 g/mol. The van der Waals surface area contributed by atoms with Gasteiger partial charge in [0, 0.05) is 17.5 Å². The number of hydrogen-bond acceptors (Lipinski definition) is 5. The Balaban J connectivity index is 1.88. The summed E-state index contributed by atoms with van der Waals surface area (Å²) in [5.41, 5.74) is 3.93. The van der Waals surface area contributed by atoms with Gasteiger partial charge in [-0.25, -0.2) is 4.98 Å². The second-order valence-corrected chi connectivity index (χ2v) is 6.78. The predicted octanol–water partition coefficient (Wildman–Crippen LogP) is 3.91. The molecule has 2 N–H and O–H groups in total. The highest BCUT2D eigenvalue weighted by Gasteiger charge is 2.21. The molecule has 3 aromatic rings. The third-order valence-electron chi connectivity index (χ3n) is 3.93. The second kappa shape index (κ2) is 6.60. The van der Waals surface area contributed by atoms with Crippen LogP contribution in [0.2, 0.25) is 0 Å². The van der Waals surface area contributed by atoms with E-state index >= 15 is 0 Å². The lowest BCUT2D eigenvalue weighted by Gasteiger charge is -2.01. The van der Waals surface area contributed by atoms with Gasteiger partial charge < -0.3 is 4.98 Å². The van der Waals surface area contributed by atoms with Crippen LogP contribution in [0.5, 0.6) is 0 Å². The first-order valence-corrected chi connectivity index (χ1v) is 8.60. The number of anilines is 1. The molecule has 7 heteroatoms. The monoisotopic (exact) mass is 354 g/mol. The van der Waals surface area contributed by atoms with E-state index in [1.54, 1.807) is 20.0 Å². The van der Waals surface area contributed by atoms with Crippen molar-refractivity contribution in [1.29, 1.82) is 0 Å². The lowest BCUT2D eigenvalue weighted by Crippen LogP contribution is -2.13. The van der Waals surface area contributed by atoms with Crippen molar-refractivity contribution in [3.05, 3.63) is 52.6 Å². The number of pyridine rings is 1. The number of aromatic nitrogens is 3. The zero-order valence-electron chi connectivity index (χ0n) is 14.4. The summed E-state index contributed by atoms with van der Waals surface area (Å²) in [6, 6.07) is 5.67. The number of H-pyrrole nitrogens is 1. The van der Waals surface area contributed by atoms with Crippen molar-refractivity contribution in [3.8, 4) is 10.6 Å². The summed E-state index contributed by atoms with van der Waals surface area (Å²) in [6.45, 7) is 6.93. The summed E-state index contributed by atoms with van der Waals surface area (Å²) < 4.78 is 0. The second-order valence-electron chi connectivity index (χ2n) is 5.78. The molecule has 0 saturated carbocycles. The molecule has 1 amide bonds. The number of Topliss-reactive ketones (excluding diaryl/α,β-unsaturated/α-hetero) is 1. The van der Waals surface area contributed by atoms with E-state index in [1.807, 2.05) is 25.1 Å². The molecule has 3 rings (SSSR count). The van der Waals surface area contributed by atoms with Crippen LogP contribution in [0, 0.1) is 20.8 Å². The zero-order chi connectivity index (χ0) is 18.1. The van der Waals surface area contributed by atoms with Crippen molar-refractivity contribution < 1.29 is 9.59 Å². The van der Waals surface area contributed by atoms with Crippen LogP contribution in [-0.4, -0.2) is 26.6 Å². The summed E-state index contributed by atoms with van der Waals surface area (Å²) in [7, 11) is 0. The van der Waals surface area contributed by atoms with Crippen LogP contribution >= 0.6 is 11.3 Å². The first kappa shape index (κ1) is 17.0. The largest absolute Gasteiger partial charge is 0.354 e. The molecule has 0 radical (unpaired) electrons. The van der Waals surface area contributed by atoms with Crippen LogP contribution in [0.15, 0.2) is 24.4 Å². The number of rotatable bonds is 4. The number of aryl methyl sites for hydroxylation is 2. The average molecular weight is 354 g/mol. The van der Waals surface area contributed by atoms with Crippen LogP contribution in [-0.2, 0) is 0 Å². The van der Waals surface area contributed by atoms with Crippen LogP contribution in [0.1, 0.15) is 44.7 Å². The molecule has 0 aromatic carbocycles. The fourth-order valence-corrected chi connectivity index (χ4v) is 3.79. The standard InChI is InChI=1S/C18H18N4O2S/c1-9-14(12(4)23)10(2)20-15(9)17(24)22-18-21-11(3)16(25-18)13-7-5-6-8-19-13/h5-8,20H,1-4H3,(H,21,22,24). The number of aromatic amines is 1. The Bertz CT molecular complexity index is 957. The van der Waals surface area contributed by atoms with Gasteiger partial charge in [-0.3, -0.25) is 19.9 Å². The Kier molecular flexibility index (Phi) is 4.50. The van der Waals surface area contributed by atoms with E-state index in [0.717, 1.165) is 16.3 Å². The summed E-state index contributed by atoms with van der Waals surface area (Å²) in [5.74, 6) is -0.373. The van der Waals surface area contributed by atoms with Gasteiger partial charge >= 0.3 is 0 Å². The summed E-state index contributed by atoms with van der Waals surface area (Å²) in [4.78, 5) is 36.9. The van der Waals surface area contributed by atoms with Gasteiger partial charge in [0.05, 0.1) is 16.3 Å². The van der Waals surface area contributed by atoms with Gasteiger partial charge in [0.2, 0.25) is 0 Å². The molecule has 0 aliphatic heterocycles. The topological polar surface area (TPSA) is 87.7 Å². The third-order valence-corrected chi connectivity index (χ3v) is 5.03.